The van der Waals surface area contributed by atoms with Crippen LogP contribution in [0.2, 0.25) is 0 Å². The zero-order valence-corrected chi connectivity index (χ0v) is 20.2. The quantitative estimate of drug-likeness (QED) is 0.311. The van der Waals surface area contributed by atoms with E-state index in [-0.39, 0.29) is 11.6 Å². The van der Waals surface area contributed by atoms with Gasteiger partial charge in [-0.1, -0.05) is 42.5 Å². The fourth-order valence-corrected chi connectivity index (χ4v) is 4.97. The Kier molecular flexibility index (Phi) is 5.60. The van der Waals surface area contributed by atoms with Gasteiger partial charge in [-0.25, -0.2) is 19.0 Å². The number of nitrogens with zero attached hydrogens (tertiary/aromatic N) is 4. The maximum Gasteiger partial charge on any atom is 0.164 e. The molecule has 3 aromatic carbocycles. The van der Waals surface area contributed by atoms with E-state index in [1.54, 1.807) is 47.1 Å². The van der Waals surface area contributed by atoms with Crippen molar-refractivity contribution in [3.8, 4) is 22.8 Å². The van der Waals surface area contributed by atoms with E-state index >= 15 is 0 Å². The molecule has 9 heteroatoms. The van der Waals surface area contributed by atoms with Crippen LogP contribution in [0.3, 0.4) is 0 Å². The number of fused-ring (bicyclic) bond motifs is 2. The predicted molar refractivity (Wildman–Crippen MR) is 141 cm³/mol. The number of phenolic OH excluding ortho intramolecular Hbond substituents is 1. The highest BCUT2D eigenvalue weighted by molar-refractivity contribution is 5.98. The van der Waals surface area contributed by atoms with Gasteiger partial charge in [-0.05, 0) is 42.8 Å². The van der Waals surface area contributed by atoms with Crippen molar-refractivity contribution < 1.29 is 19.0 Å². The van der Waals surface area contributed by atoms with Crippen LogP contribution in [-0.2, 0) is 4.79 Å². The number of carbonyl (C=O) groups excluding carboxylic acids is 1. The van der Waals surface area contributed by atoms with Crippen LogP contribution in [0.4, 0.5) is 10.2 Å². The fraction of sp³-hybridized carbons (Fsp3) is 0.103. The molecule has 2 aromatic heterocycles. The first-order valence-electron chi connectivity index (χ1n) is 12.0. The molecule has 3 heterocycles. The molecule has 0 radical (unpaired) electrons. The fourth-order valence-electron chi connectivity index (χ4n) is 4.97. The topological polar surface area (TPSA) is 116 Å². The number of benzene rings is 3. The van der Waals surface area contributed by atoms with E-state index in [4.69, 9.17) is 15.6 Å². The highest BCUT2D eigenvalue weighted by Gasteiger charge is 2.35. The molecule has 0 bridgehead atoms. The molecule has 0 fully saturated rings. The number of aldehydes is 1. The standard InChI is InChI=1S/C29H22FN5O3/c1-16(35-29-25(28(31)32-15-33-29)26(34-35)18-7-5-9-20(37)13-18)27-24(17-6-4-8-19(30)12-17)22(14-36)21-10-2-3-11-23(21)38-27/h2-16,22,37H,1H3,(H2,31,32,33). The normalized spacial score (nSPS) is 15.7. The number of aromatic hydroxyl groups is 1. The smallest absolute Gasteiger partial charge is 0.164 e. The number of allylic oxidation sites excluding steroid dienone is 2. The van der Waals surface area contributed by atoms with Gasteiger partial charge >= 0.3 is 0 Å². The van der Waals surface area contributed by atoms with Crippen LogP contribution >= 0.6 is 0 Å². The van der Waals surface area contributed by atoms with E-state index < -0.39 is 17.8 Å². The Labute approximate surface area is 216 Å². The van der Waals surface area contributed by atoms with Crippen molar-refractivity contribution in [1.82, 2.24) is 19.7 Å². The lowest BCUT2D eigenvalue weighted by molar-refractivity contribution is -0.108. The number of halogens is 1. The number of anilines is 1. The Bertz CT molecular complexity index is 1750. The van der Waals surface area contributed by atoms with E-state index in [1.807, 2.05) is 25.1 Å². The van der Waals surface area contributed by atoms with Gasteiger partial charge in [-0.2, -0.15) is 5.10 Å². The first-order valence-corrected chi connectivity index (χ1v) is 12.0. The highest BCUT2D eigenvalue weighted by Crippen LogP contribution is 2.46. The predicted octanol–water partition coefficient (Wildman–Crippen LogP) is 5.27. The zero-order valence-electron chi connectivity index (χ0n) is 20.2. The Morgan fingerprint density at radius 1 is 1.05 bits per heavy atom. The van der Waals surface area contributed by atoms with E-state index in [0.29, 0.717) is 50.5 Å². The van der Waals surface area contributed by atoms with Crippen molar-refractivity contribution in [2.45, 2.75) is 18.9 Å². The third kappa shape index (κ3) is 3.76. The van der Waals surface area contributed by atoms with Crippen LogP contribution in [0.25, 0.3) is 27.9 Å². The van der Waals surface area contributed by atoms with Crippen LogP contribution in [0.15, 0.2) is 84.9 Å². The van der Waals surface area contributed by atoms with E-state index in [2.05, 4.69) is 9.97 Å². The summed E-state index contributed by atoms with van der Waals surface area (Å²) in [6, 6.07) is 19.4. The third-order valence-electron chi connectivity index (χ3n) is 6.71. The Morgan fingerprint density at radius 3 is 2.63 bits per heavy atom. The minimum Gasteiger partial charge on any atom is -0.508 e. The van der Waals surface area contributed by atoms with E-state index in [0.717, 1.165) is 6.29 Å². The summed E-state index contributed by atoms with van der Waals surface area (Å²) < 4.78 is 22.4. The minimum absolute atomic E-state index is 0.0748. The van der Waals surface area contributed by atoms with Crippen molar-refractivity contribution in [1.29, 1.82) is 0 Å². The molecule has 6 rings (SSSR count). The number of hydrogen-bond donors (Lipinski definition) is 2. The number of aromatic nitrogens is 4. The first kappa shape index (κ1) is 23.4. The molecule has 2 unspecified atom stereocenters. The molecule has 5 aromatic rings. The number of nitrogen functional groups attached to an aromatic ring is 1. The Hall–Kier alpha value is -5.05. The monoisotopic (exact) mass is 507 g/mol. The lowest BCUT2D eigenvalue weighted by Crippen LogP contribution is -2.23. The van der Waals surface area contributed by atoms with Gasteiger partial charge < -0.3 is 20.4 Å². The van der Waals surface area contributed by atoms with Gasteiger partial charge in [-0.3, -0.25) is 0 Å². The maximum absolute atomic E-state index is 14.4. The van der Waals surface area contributed by atoms with Crippen molar-refractivity contribution >= 4 is 28.7 Å². The molecule has 0 amide bonds. The number of para-hydroxylation sites is 1. The van der Waals surface area contributed by atoms with Crippen molar-refractivity contribution in [3.63, 3.8) is 0 Å². The van der Waals surface area contributed by atoms with E-state index in [1.165, 1.54) is 18.5 Å². The van der Waals surface area contributed by atoms with Gasteiger partial charge in [0.05, 0.1) is 11.3 Å². The highest BCUT2D eigenvalue weighted by atomic mass is 19.1. The SMILES string of the molecule is CC(C1=C(c2cccc(F)c2)C(C=O)c2ccccc2O1)n1nc(-c2cccc(O)c2)c2c(N)ncnc21. The summed E-state index contributed by atoms with van der Waals surface area (Å²) in [5.74, 6) is 0.145. The van der Waals surface area contributed by atoms with Crippen molar-refractivity contribution in [2.75, 3.05) is 5.73 Å². The summed E-state index contributed by atoms with van der Waals surface area (Å²) in [5.41, 5.74) is 9.57. The van der Waals surface area contributed by atoms with Crippen molar-refractivity contribution in [3.05, 3.63) is 102 Å². The summed E-state index contributed by atoms with van der Waals surface area (Å²) in [7, 11) is 0. The number of ether oxygens (including phenoxy) is 1. The maximum atomic E-state index is 14.4. The molecular weight excluding hydrogens is 485 g/mol. The second-order valence-corrected chi connectivity index (χ2v) is 9.02. The summed E-state index contributed by atoms with van der Waals surface area (Å²) in [6.07, 6.45) is 2.19. The average Bonchev–Trinajstić information content (AvgIpc) is 3.32. The second kappa shape index (κ2) is 9.11. The van der Waals surface area contributed by atoms with Crippen LogP contribution in [-0.4, -0.2) is 31.1 Å². The van der Waals surface area contributed by atoms with Crippen LogP contribution in [0, 0.1) is 5.82 Å². The largest absolute Gasteiger partial charge is 0.508 e. The lowest BCUT2D eigenvalue weighted by Gasteiger charge is -2.31. The summed E-state index contributed by atoms with van der Waals surface area (Å²) in [4.78, 5) is 21.1. The second-order valence-electron chi connectivity index (χ2n) is 9.02. The Morgan fingerprint density at radius 2 is 1.84 bits per heavy atom. The van der Waals surface area contributed by atoms with Gasteiger partial charge in [0, 0.05) is 16.7 Å². The molecule has 188 valence electrons. The molecule has 3 N–H and O–H groups in total. The number of hydrogen-bond acceptors (Lipinski definition) is 7. The van der Waals surface area contributed by atoms with Crippen molar-refractivity contribution in [2.24, 2.45) is 0 Å². The van der Waals surface area contributed by atoms with E-state index in [9.17, 15) is 14.3 Å². The number of rotatable bonds is 5. The molecule has 0 aliphatic carbocycles. The number of carbonyl (C=O) groups is 1. The van der Waals surface area contributed by atoms with Crippen LogP contribution < -0.4 is 10.5 Å². The summed E-state index contributed by atoms with van der Waals surface area (Å²) >= 11 is 0. The molecule has 1 aliphatic rings. The molecule has 8 nitrogen and oxygen atoms in total. The molecule has 0 spiro atoms. The van der Waals surface area contributed by atoms with Gasteiger partial charge in [0.25, 0.3) is 0 Å². The molecule has 0 saturated carbocycles. The molecule has 2 atom stereocenters. The van der Waals surface area contributed by atoms with Gasteiger partial charge in [0.1, 0.15) is 53.2 Å². The van der Waals surface area contributed by atoms with Gasteiger partial charge in [0.2, 0.25) is 0 Å². The Balaban J connectivity index is 1.61. The average molecular weight is 508 g/mol. The third-order valence-corrected chi connectivity index (χ3v) is 6.71. The number of phenols is 1. The zero-order chi connectivity index (χ0) is 26.4. The van der Waals surface area contributed by atoms with Gasteiger partial charge in [0.15, 0.2) is 5.65 Å². The minimum atomic E-state index is -0.689. The summed E-state index contributed by atoms with van der Waals surface area (Å²) in [6.45, 7) is 1.86. The molecular formula is C29H22FN5O3. The lowest BCUT2D eigenvalue weighted by atomic mass is 9.83. The molecule has 0 saturated heterocycles. The van der Waals surface area contributed by atoms with Crippen LogP contribution in [0.1, 0.15) is 30.0 Å². The first-order chi connectivity index (χ1) is 18.5. The van der Waals surface area contributed by atoms with Gasteiger partial charge in [-0.15, -0.1) is 0 Å². The molecule has 1 aliphatic heterocycles. The van der Waals surface area contributed by atoms with Crippen LogP contribution in [0.5, 0.6) is 11.5 Å². The molecule has 38 heavy (non-hydrogen) atoms. The summed E-state index contributed by atoms with van der Waals surface area (Å²) in [5, 5.41) is 15.4. The number of nitrogens with two attached hydrogens (primary N) is 1.